The molecule has 3 N–H and O–H groups in total. The Morgan fingerprint density at radius 2 is 1.97 bits per heavy atom. The van der Waals surface area contributed by atoms with Crippen LogP contribution in [0, 0.1) is 11.7 Å². The first kappa shape index (κ1) is 21.0. The van der Waals surface area contributed by atoms with Crippen LogP contribution >= 0.6 is 0 Å². The van der Waals surface area contributed by atoms with E-state index in [0.29, 0.717) is 18.5 Å². The molecule has 162 valence electrons. The molecule has 7 nitrogen and oxygen atoms in total. The maximum atomic E-state index is 13.2. The molecule has 1 amide bonds. The Bertz CT molecular complexity index is 1170. The fourth-order valence-corrected chi connectivity index (χ4v) is 4.12. The van der Waals surface area contributed by atoms with E-state index in [1.54, 1.807) is 22.9 Å². The van der Waals surface area contributed by atoms with Crippen LogP contribution in [0.4, 0.5) is 4.39 Å². The molecule has 8 heteroatoms. The lowest BCUT2D eigenvalue weighted by Crippen LogP contribution is -2.36. The molecule has 31 heavy (non-hydrogen) atoms. The number of nitrogens with one attached hydrogen (secondary N) is 2. The van der Waals surface area contributed by atoms with E-state index in [9.17, 15) is 19.1 Å². The molecule has 1 saturated heterocycles. The Kier molecular flexibility index (Phi) is 5.99. The minimum absolute atomic E-state index is 0.218. The quantitative estimate of drug-likeness (QED) is 0.584. The summed E-state index contributed by atoms with van der Waals surface area (Å²) in [6.45, 7) is 2.21. The molecular weight excluding hydrogens is 399 g/mol. The van der Waals surface area contributed by atoms with Gasteiger partial charge in [-0.1, -0.05) is 12.1 Å². The van der Waals surface area contributed by atoms with Gasteiger partial charge in [0.15, 0.2) is 5.75 Å². The van der Waals surface area contributed by atoms with E-state index in [4.69, 9.17) is 0 Å². The van der Waals surface area contributed by atoms with Crippen molar-refractivity contribution in [1.29, 1.82) is 0 Å². The van der Waals surface area contributed by atoms with Crippen molar-refractivity contribution in [2.45, 2.75) is 25.8 Å². The lowest BCUT2D eigenvalue weighted by molar-refractivity contribution is 0.0958. The van der Waals surface area contributed by atoms with Crippen LogP contribution in [0.15, 0.2) is 41.3 Å². The summed E-state index contributed by atoms with van der Waals surface area (Å²) < 4.78 is 14.8. The smallest absolute Gasteiger partial charge is 0.267 e. The van der Waals surface area contributed by atoms with Gasteiger partial charge in [0.25, 0.3) is 11.5 Å². The van der Waals surface area contributed by atoms with Crippen LogP contribution in [0.2, 0.25) is 0 Å². The number of aromatic nitrogens is 2. The van der Waals surface area contributed by atoms with E-state index < -0.39 is 17.2 Å². The lowest BCUT2D eigenvalue weighted by atomic mass is 9.97. The number of carbonyl (C=O) groups is 1. The number of fused-ring (bicyclic) bond motifs is 1. The molecule has 0 unspecified atom stereocenters. The Morgan fingerprint density at radius 1 is 1.26 bits per heavy atom. The highest BCUT2D eigenvalue weighted by molar-refractivity contribution is 6.01. The van der Waals surface area contributed by atoms with Gasteiger partial charge in [0.2, 0.25) is 0 Å². The molecular formula is C23H25FN4O3. The second kappa shape index (κ2) is 8.85. The van der Waals surface area contributed by atoms with Crippen LogP contribution in [-0.4, -0.2) is 40.7 Å². The molecule has 1 aromatic carbocycles. The number of rotatable bonds is 5. The molecule has 0 saturated carbocycles. The second-order valence-corrected chi connectivity index (χ2v) is 7.93. The zero-order valence-electron chi connectivity index (χ0n) is 17.3. The lowest BCUT2D eigenvalue weighted by Gasteiger charge is -2.24. The molecule has 1 aliphatic heterocycles. The fourth-order valence-electron chi connectivity index (χ4n) is 4.12. The van der Waals surface area contributed by atoms with Crippen molar-refractivity contribution in [3.63, 3.8) is 0 Å². The zero-order valence-corrected chi connectivity index (χ0v) is 17.3. The number of piperidine rings is 1. The van der Waals surface area contributed by atoms with E-state index in [1.807, 2.05) is 6.07 Å². The average molecular weight is 424 g/mol. The molecule has 0 atom stereocenters. The topological polar surface area (TPSA) is 96.2 Å². The Balaban J connectivity index is 1.83. The number of nitrogens with zero attached hydrogens (tertiary/aromatic N) is 2. The van der Waals surface area contributed by atoms with Crippen molar-refractivity contribution < 1.29 is 14.3 Å². The van der Waals surface area contributed by atoms with Gasteiger partial charge in [-0.05, 0) is 67.6 Å². The largest absolute Gasteiger partial charge is 0.505 e. The first-order valence-electron chi connectivity index (χ1n) is 10.4. The van der Waals surface area contributed by atoms with E-state index >= 15 is 0 Å². The van der Waals surface area contributed by atoms with Crippen LogP contribution in [0.3, 0.4) is 0 Å². The van der Waals surface area contributed by atoms with Crippen molar-refractivity contribution in [3.8, 4) is 5.75 Å². The minimum Gasteiger partial charge on any atom is -0.505 e. The summed E-state index contributed by atoms with van der Waals surface area (Å²) in [4.78, 5) is 30.0. The van der Waals surface area contributed by atoms with Crippen molar-refractivity contribution >= 4 is 16.9 Å². The monoisotopic (exact) mass is 424 g/mol. The standard InChI is InChI=1S/C23H25FN4O3/c1-25-22(30)19-21(29)20-18(28(23(19)31)13-15-6-8-26-9-7-15)11-16(12-27-20)10-14-2-4-17(24)5-3-14/h2-5,11-12,15,26,29H,6-10,13H2,1H3,(H,25,30). The van der Waals surface area contributed by atoms with Gasteiger partial charge in [-0.3, -0.25) is 14.6 Å². The number of carbonyl (C=O) groups excluding carboxylic acids is 1. The summed E-state index contributed by atoms with van der Waals surface area (Å²) >= 11 is 0. The van der Waals surface area contributed by atoms with E-state index in [1.165, 1.54) is 19.2 Å². The highest BCUT2D eigenvalue weighted by Crippen LogP contribution is 2.27. The molecule has 0 radical (unpaired) electrons. The molecule has 0 aliphatic carbocycles. The van der Waals surface area contributed by atoms with E-state index in [0.717, 1.165) is 37.1 Å². The van der Waals surface area contributed by atoms with Crippen LogP contribution < -0.4 is 16.2 Å². The summed E-state index contributed by atoms with van der Waals surface area (Å²) in [5.74, 6) is -1.07. The molecule has 1 aliphatic rings. The summed E-state index contributed by atoms with van der Waals surface area (Å²) in [6, 6.07) is 8.03. The third-order valence-corrected chi connectivity index (χ3v) is 5.81. The van der Waals surface area contributed by atoms with Crippen molar-refractivity contribution in [2.75, 3.05) is 20.1 Å². The van der Waals surface area contributed by atoms with Crippen molar-refractivity contribution in [3.05, 3.63) is 69.4 Å². The van der Waals surface area contributed by atoms with E-state index in [-0.39, 0.29) is 22.8 Å². The highest BCUT2D eigenvalue weighted by atomic mass is 19.1. The van der Waals surface area contributed by atoms with Crippen LogP contribution in [0.1, 0.15) is 34.3 Å². The van der Waals surface area contributed by atoms with Crippen molar-refractivity contribution in [2.24, 2.45) is 5.92 Å². The van der Waals surface area contributed by atoms with Gasteiger partial charge in [-0.25, -0.2) is 4.39 Å². The number of hydrogen-bond acceptors (Lipinski definition) is 5. The molecule has 3 heterocycles. The van der Waals surface area contributed by atoms with Gasteiger partial charge in [0, 0.05) is 19.8 Å². The Morgan fingerprint density at radius 3 is 2.65 bits per heavy atom. The maximum Gasteiger partial charge on any atom is 0.267 e. The average Bonchev–Trinajstić information content (AvgIpc) is 2.78. The summed E-state index contributed by atoms with van der Waals surface area (Å²) in [7, 11) is 1.42. The van der Waals surface area contributed by atoms with Gasteiger partial charge >= 0.3 is 0 Å². The number of amides is 1. The first-order chi connectivity index (χ1) is 15.0. The fraction of sp³-hybridized carbons (Fsp3) is 0.348. The number of hydrogen-bond donors (Lipinski definition) is 3. The van der Waals surface area contributed by atoms with Crippen LogP contribution in [-0.2, 0) is 13.0 Å². The maximum absolute atomic E-state index is 13.2. The highest BCUT2D eigenvalue weighted by Gasteiger charge is 2.24. The SMILES string of the molecule is CNC(=O)c1c(O)c2ncc(Cc3ccc(F)cc3)cc2n(CC2CCNCC2)c1=O. The normalized spacial score (nSPS) is 14.6. The van der Waals surface area contributed by atoms with Gasteiger partial charge in [0.05, 0.1) is 5.52 Å². The first-order valence-corrected chi connectivity index (χ1v) is 10.4. The number of aromatic hydroxyl groups is 1. The molecule has 0 spiro atoms. The Hall–Kier alpha value is -3.26. The molecule has 1 fully saturated rings. The van der Waals surface area contributed by atoms with Crippen LogP contribution in [0.5, 0.6) is 5.75 Å². The zero-order chi connectivity index (χ0) is 22.0. The van der Waals surface area contributed by atoms with Crippen molar-refractivity contribution in [1.82, 2.24) is 20.2 Å². The molecule has 2 aromatic heterocycles. The van der Waals surface area contributed by atoms with E-state index in [2.05, 4.69) is 15.6 Å². The minimum atomic E-state index is -0.638. The number of benzene rings is 1. The van der Waals surface area contributed by atoms with Gasteiger partial charge in [-0.2, -0.15) is 0 Å². The molecule has 3 aromatic rings. The summed E-state index contributed by atoms with van der Waals surface area (Å²) in [5, 5.41) is 16.4. The summed E-state index contributed by atoms with van der Waals surface area (Å²) in [6.07, 6.45) is 3.96. The van der Waals surface area contributed by atoms with Crippen LogP contribution in [0.25, 0.3) is 11.0 Å². The number of halogens is 1. The third-order valence-electron chi connectivity index (χ3n) is 5.81. The predicted octanol–water partition coefficient (Wildman–Crippen LogP) is 2.19. The third kappa shape index (κ3) is 4.29. The Labute approximate surface area is 178 Å². The van der Waals surface area contributed by atoms with Gasteiger partial charge < -0.3 is 20.3 Å². The van der Waals surface area contributed by atoms with Gasteiger partial charge in [0.1, 0.15) is 16.9 Å². The summed E-state index contributed by atoms with van der Waals surface area (Å²) in [5.41, 5.74) is 1.63. The molecule has 4 rings (SSSR count). The predicted molar refractivity (Wildman–Crippen MR) is 116 cm³/mol. The second-order valence-electron chi connectivity index (χ2n) is 7.93. The van der Waals surface area contributed by atoms with Gasteiger partial charge in [-0.15, -0.1) is 0 Å². The number of pyridine rings is 2. The molecule has 0 bridgehead atoms.